The maximum atomic E-state index is 9.26. The molecule has 1 aromatic carbocycles. The van der Waals surface area contributed by atoms with E-state index in [0.717, 1.165) is 18.6 Å². The lowest BCUT2D eigenvalue weighted by atomic mass is 9.97. The third kappa shape index (κ3) is 5.22. The Kier molecular flexibility index (Phi) is 6.04. The van der Waals surface area contributed by atoms with Crippen LogP contribution >= 0.6 is 0 Å². The zero-order valence-corrected chi connectivity index (χ0v) is 13.3. The van der Waals surface area contributed by atoms with Crippen LogP contribution in [0.15, 0.2) is 18.2 Å². The highest BCUT2D eigenvalue weighted by atomic mass is 16.5. The Bertz CT molecular complexity index is 476. The summed E-state index contributed by atoms with van der Waals surface area (Å²) in [6, 6.07) is 8.80. The molecule has 0 heterocycles. The molecule has 0 spiro atoms. The molecule has 1 atom stereocenters. The molecule has 0 saturated heterocycles. The first-order valence-corrected chi connectivity index (χ1v) is 7.25. The van der Waals surface area contributed by atoms with E-state index in [2.05, 4.69) is 51.2 Å². The summed E-state index contributed by atoms with van der Waals surface area (Å²) in [4.78, 5) is 0. The molecule has 110 valence electrons. The quantitative estimate of drug-likeness (QED) is 0.770. The summed E-state index contributed by atoms with van der Waals surface area (Å²) in [7, 11) is 0. The molecule has 0 bridgehead atoms. The molecular formula is C17H26N2O. The zero-order chi connectivity index (χ0) is 15.2. The molecule has 0 aliphatic heterocycles. The summed E-state index contributed by atoms with van der Waals surface area (Å²) in [5.74, 6) is 0.906. The minimum Gasteiger partial charge on any atom is -0.494 e. The van der Waals surface area contributed by atoms with Gasteiger partial charge in [0, 0.05) is 6.04 Å². The molecule has 3 heteroatoms. The van der Waals surface area contributed by atoms with E-state index in [0.29, 0.717) is 12.6 Å². The van der Waals surface area contributed by atoms with Gasteiger partial charge in [0.1, 0.15) is 11.3 Å². The number of nitrogens with zero attached hydrogens (tertiary/aromatic N) is 1. The van der Waals surface area contributed by atoms with Crippen molar-refractivity contribution in [1.82, 2.24) is 5.32 Å². The van der Waals surface area contributed by atoms with E-state index < -0.39 is 5.54 Å². The van der Waals surface area contributed by atoms with Crippen molar-refractivity contribution in [3.63, 3.8) is 0 Å². The third-order valence-electron chi connectivity index (χ3n) is 3.42. The topological polar surface area (TPSA) is 45.0 Å². The van der Waals surface area contributed by atoms with Gasteiger partial charge in [0.2, 0.25) is 0 Å². The molecule has 0 fully saturated rings. The summed E-state index contributed by atoms with van der Waals surface area (Å²) >= 11 is 0. The smallest absolute Gasteiger partial charge is 0.119 e. The van der Waals surface area contributed by atoms with Crippen LogP contribution in [0.2, 0.25) is 0 Å². The number of rotatable bonds is 7. The molecule has 0 aliphatic rings. The second-order valence-corrected chi connectivity index (χ2v) is 5.94. The van der Waals surface area contributed by atoms with E-state index in [1.54, 1.807) is 0 Å². The lowest BCUT2D eigenvalue weighted by molar-refractivity contribution is 0.280. The van der Waals surface area contributed by atoms with Crippen LogP contribution in [0.3, 0.4) is 0 Å². The fourth-order valence-electron chi connectivity index (χ4n) is 2.22. The normalized spacial score (nSPS) is 13.8. The van der Waals surface area contributed by atoms with E-state index in [9.17, 15) is 5.26 Å². The average molecular weight is 274 g/mol. The van der Waals surface area contributed by atoms with E-state index in [-0.39, 0.29) is 0 Å². The first-order valence-electron chi connectivity index (χ1n) is 7.25. The number of nitriles is 1. The fraction of sp³-hybridized carbons (Fsp3) is 0.588. The van der Waals surface area contributed by atoms with E-state index in [1.807, 2.05) is 13.0 Å². The average Bonchev–Trinajstić information content (AvgIpc) is 2.38. The highest BCUT2D eigenvalue weighted by Crippen LogP contribution is 2.18. The van der Waals surface area contributed by atoms with Gasteiger partial charge in [-0.25, -0.2) is 0 Å². The Morgan fingerprint density at radius 1 is 1.30 bits per heavy atom. The lowest BCUT2D eigenvalue weighted by Gasteiger charge is -2.25. The van der Waals surface area contributed by atoms with Crippen LogP contribution in [0, 0.1) is 25.2 Å². The molecule has 0 aliphatic carbocycles. The Labute approximate surface area is 123 Å². The molecule has 1 aromatic rings. The SMILES string of the molecule is Cc1ccc(OCCCC(C)(C#N)NC(C)C)cc1C. The van der Waals surface area contributed by atoms with Crippen molar-refractivity contribution in [2.24, 2.45) is 0 Å². The van der Waals surface area contributed by atoms with Gasteiger partial charge in [-0.1, -0.05) is 6.07 Å². The van der Waals surface area contributed by atoms with Crippen LogP contribution in [0.5, 0.6) is 5.75 Å². The number of nitrogens with one attached hydrogen (secondary N) is 1. The molecule has 0 radical (unpaired) electrons. The third-order valence-corrected chi connectivity index (χ3v) is 3.42. The molecule has 3 nitrogen and oxygen atoms in total. The molecule has 1 N–H and O–H groups in total. The second-order valence-electron chi connectivity index (χ2n) is 5.94. The summed E-state index contributed by atoms with van der Waals surface area (Å²) in [6.45, 7) is 10.9. The molecule has 1 rings (SSSR count). The van der Waals surface area contributed by atoms with Gasteiger partial charge in [-0.2, -0.15) is 5.26 Å². The highest BCUT2D eigenvalue weighted by molar-refractivity contribution is 5.33. The maximum absolute atomic E-state index is 9.26. The number of ether oxygens (including phenoxy) is 1. The largest absolute Gasteiger partial charge is 0.494 e. The van der Waals surface area contributed by atoms with Gasteiger partial charge in [-0.15, -0.1) is 0 Å². The standard InChI is InChI=1S/C17H26N2O/c1-13(2)19-17(5,12-18)9-6-10-20-16-8-7-14(3)15(4)11-16/h7-8,11,13,19H,6,9-10H2,1-5H3. The van der Waals surface area contributed by atoms with E-state index in [4.69, 9.17) is 4.74 Å². The minimum atomic E-state index is -0.472. The number of benzene rings is 1. The van der Waals surface area contributed by atoms with Gasteiger partial charge in [0.25, 0.3) is 0 Å². The fourth-order valence-corrected chi connectivity index (χ4v) is 2.22. The molecule has 0 aromatic heterocycles. The Hall–Kier alpha value is -1.53. The van der Waals surface area contributed by atoms with Crippen LogP contribution in [-0.4, -0.2) is 18.2 Å². The highest BCUT2D eigenvalue weighted by Gasteiger charge is 2.23. The van der Waals surface area contributed by atoms with Crippen molar-refractivity contribution >= 4 is 0 Å². The minimum absolute atomic E-state index is 0.306. The zero-order valence-electron chi connectivity index (χ0n) is 13.3. The Morgan fingerprint density at radius 3 is 2.55 bits per heavy atom. The summed E-state index contributed by atoms with van der Waals surface area (Å²) in [5, 5.41) is 12.6. The van der Waals surface area contributed by atoms with Crippen LogP contribution in [0.25, 0.3) is 0 Å². The van der Waals surface area contributed by atoms with Crippen LogP contribution < -0.4 is 10.1 Å². The van der Waals surface area contributed by atoms with Crippen LogP contribution in [0.4, 0.5) is 0 Å². The second kappa shape index (κ2) is 7.31. The first kappa shape index (κ1) is 16.5. The molecule has 1 unspecified atom stereocenters. The monoisotopic (exact) mass is 274 g/mol. The van der Waals surface area contributed by atoms with Gasteiger partial charge in [0.05, 0.1) is 12.7 Å². The number of hydrogen-bond acceptors (Lipinski definition) is 3. The predicted molar refractivity (Wildman–Crippen MR) is 82.9 cm³/mol. The van der Waals surface area contributed by atoms with Crippen molar-refractivity contribution in [3.05, 3.63) is 29.3 Å². The van der Waals surface area contributed by atoms with Crippen LogP contribution in [-0.2, 0) is 0 Å². The number of hydrogen-bond donors (Lipinski definition) is 1. The molecule has 0 saturated carbocycles. The molecule has 20 heavy (non-hydrogen) atoms. The first-order chi connectivity index (χ1) is 9.36. The van der Waals surface area contributed by atoms with E-state index in [1.165, 1.54) is 11.1 Å². The van der Waals surface area contributed by atoms with Gasteiger partial charge < -0.3 is 4.74 Å². The maximum Gasteiger partial charge on any atom is 0.119 e. The predicted octanol–water partition coefficient (Wildman–Crippen LogP) is 3.74. The lowest BCUT2D eigenvalue weighted by Crippen LogP contribution is -2.45. The van der Waals surface area contributed by atoms with Gasteiger partial charge in [-0.3, -0.25) is 5.32 Å². The summed E-state index contributed by atoms with van der Waals surface area (Å²) in [5.41, 5.74) is 2.04. The Morgan fingerprint density at radius 2 is 2.00 bits per heavy atom. The molecule has 0 amide bonds. The van der Waals surface area contributed by atoms with Crippen LogP contribution in [0.1, 0.15) is 44.7 Å². The van der Waals surface area contributed by atoms with E-state index >= 15 is 0 Å². The van der Waals surface area contributed by atoms with Crippen molar-refractivity contribution in [2.75, 3.05) is 6.61 Å². The van der Waals surface area contributed by atoms with Gasteiger partial charge in [-0.05, 0) is 70.7 Å². The van der Waals surface area contributed by atoms with Crippen molar-refractivity contribution in [3.8, 4) is 11.8 Å². The molecular weight excluding hydrogens is 248 g/mol. The summed E-state index contributed by atoms with van der Waals surface area (Å²) in [6.07, 6.45) is 1.64. The van der Waals surface area contributed by atoms with Gasteiger partial charge >= 0.3 is 0 Å². The number of aryl methyl sites for hydroxylation is 2. The van der Waals surface area contributed by atoms with Gasteiger partial charge in [0.15, 0.2) is 0 Å². The van der Waals surface area contributed by atoms with Crippen molar-refractivity contribution < 1.29 is 4.74 Å². The van der Waals surface area contributed by atoms with Crippen molar-refractivity contribution in [2.45, 2.75) is 59.0 Å². The Balaban J connectivity index is 2.41. The summed E-state index contributed by atoms with van der Waals surface area (Å²) < 4.78 is 5.75. The van der Waals surface area contributed by atoms with Crippen molar-refractivity contribution in [1.29, 1.82) is 5.26 Å².